The number of esters is 2. The van der Waals surface area contributed by atoms with E-state index in [1.807, 2.05) is 0 Å². The average molecular weight is 398 g/mol. The molecule has 0 aromatic heterocycles. The summed E-state index contributed by atoms with van der Waals surface area (Å²) in [6.07, 6.45) is 0. The molecule has 1 rings (SSSR count). The molecular weight excluding hydrogens is 383 g/mol. The molecule has 0 saturated heterocycles. The third kappa shape index (κ3) is 12.9. The summed E-state index contributed by atoms with van der Waals surface area (Å²) < 4.78 is 9.73. The van der Waals surface area contributed by atoms with Crippen molar-refractivity contribution in [3.05, 3.63) is 24.3 Å². The number of ether oxygens (including phenoxy) is 2. The molecule has 0 amide bonds. The van der Waals surface area contributed by atoms with Crippen molar-refractivity contribution >= 4 is 53.4 Å². The van der Waals surface area contributed by atoms with Crippen molar-refractivity contribution < 1.29 is 58.4 Å². The van der Waals surface area contributed by atoms with E-state index in [-0.39, 0.29) is 41.1 Å². The summed E-state index contributed by atoms with van der Waals surface area (Å²) in [7, 11) is 0. The average Bonchev–Trinajstić information content (AvgIpc) is 2.55. The number of benzene rings is 1. The van der Waals surface area contributed by atoms with E-state index in [4.69, 9.17) is 19.7 Å². The van der Waals surface area contributed by atoms with Gasteiger partial charge in [0.1, 0.15) is 11.5 Å². The van der Waals surface area contributed by atoms with Gasteiger partial charge in [-0.15, -0.1) is 0 Å². The molecule has 0 aliphatic carbocycles. The van der Waals surface area contributed by atoms with Crippen LogP contribution in [0.4, 0.5) is 0 Å². The summed E-state index contributed by atoms with van der Waals surface area (Å²) in [5.41, 5.74) is 0. The van der Waals surface area contributed by atoms with E-state index < -0.39 is 50.3 Å². The molecule has 0 saturated carbocycles. The van der Waals surface area contributed by atoms with Gasteiger partial charge in [0.25, 0.3) is 0 Å². The summed E-state index contributed by atoms with van der Waals surface area (Å²) >= 11 is 0. The molecule has 13 heteroatoms. The molecule has 2 N–H and O–H groups in total. The van der Waals surface area contributed by atoms with E-state index in [1.54, 1.807) is 0 Å². The molecule has 27 heavy (non-hydrogen) atoms. The summed E-state index contributed by atoms with van der Waals surface area (Å²) in [6.45, 7) is -2.80. The van der Waals surface area contributed by atoms with E-state index in [1.165, 1.54) is 24.3 Å². The molecule has 0 spiro atoms. The van der Waals surface area contributed by atoms with Gasteiger partial charge in [-0.05, 0) is 12.1 Å². The van der Waals surface area contributed by atoms with Gasteiger partial charge in [0, 0.05) is 6.07 Å². The zero-order chi connectivity index (χ0) is 19.4. The van der Waals surface area contributed by atoms with Gasteiger partial charge in [-0.25, -0.2) is 38.7 Å². The Balaban J connectivity index is 0.00000676. The molecular formula is C14H15NaO12. The molecule has 0 bridgehead atoms. The Morgan fingerprint density at radius 3 is 1.44 bits per heavy atom. The molecule has 0 fully saturated rings. The fraction of sp³-hybridized carbons (Fsp3) is 0.286. The van der Waals surface area contributed by atoms with Crippen molar-refractivity contribution in [1.29, 1.82) is 0 Å². The Kier molecular flexibility index (Phi) is 13.0. The third-order valence-electron chi connectivity index (χ3n) is 2.15. The monoisotopic (exact) mass is 398 g/mol. The minimum atomic E-state index is -1.27. The van der Waals surface area contributed by atoms with Crippen LogP contribution in [0.15, 0.2) is 24.3 Å². The molecule has 1 aromatic rings. The predicted molar refractivity (Wildman–Crippen MR) is 83.9 cm³/mol. The summed E-state index contributed by atoms with van der Waals surface area (Å²) in [5.74, 6) is -4.28. The van der Waals surface area contributed by atoms with Crippen molar-refractivity contribution in [3.63, 3.8) is 0 Å². The van der Waals surface area contributed by atoms with Crippen molar-refractivity contribution in [2.75, 3.05) is 26.4 Å². The van der Waals surface area contributed by atoms with Crippen LogP contribution in [0.5, 0.6) is 11.5 Å². The quantitative estimate of drug-likeness (QED) is 0.109. The SMILES string of the molecule is O=C(O)COOCC(=O)Oc1cccc(OC(=O)COOCC(=O)O)c1.[NaH]. The van der Waals surface area contributed by atoms with Crippen LogP contribution < -0.4 is 9.47 Å². The zero-order valence-electron chi connectivity index (χ0n) is 13.1. The van der Waals surface area contributed by atoms with E-state index in [2.05, 4.69) is 19.6 Å². The van der Waals surface area contributed by atoms with E-state index in [0.29, 0.717) is 0 Å². The zero-order valence-corrected chi connectivity index (χ0v) is 13.1. The van der Waals surface area contributed by atoms with Crippen LogP contribution in [0.2, 0.25) is 0 Å². The van der Waals surface area contributed by atoms with Gasteiger partial charge >= 0.3 is 53.4 Å². The molecule has 0 unspecified atom stereocenters. The minimum absolute atomic E-state index is 0. The van der Waals surface area contributed by atoms with Crippen LogP contribution in [0.25, 0.3) is 0 Å². The normalized spacial score (nSPS) is 9.78. The first-order valence-corrected chi connectivity index (χ1v) is 6.80. The second kappa shape index (κ2) is 14.1. The fourth-order valence-electron chi connectivity index (χ4n) is 1.29. The van der Waals surface area contributed by atoms with Gasteiger partial charge in [-0.1, -0.05) is 6.07 Å². The first kappa shape index (κ1) is 24.9. The van der Waals surface area contributed by atoms with Crippen LogP contribution in [0.3, 0.4) is 0 Å². The second-order valence-electron chi connectivity index (χ2n) is 4.26. The van der Waals surface area contributed by atoms with Crippen LogP contribution in [0.1, 0.15) is 0 Å². The Hall–Kier alpha value is -2.06. The van der Waals surface area contributed by atoms with Gasteiger partial charge in [-0.3, -0.25) is 0 Å². The fourth-order valence-corrected chi connectivity index (χ4v) is 1.29. The summed E-state index contributed by atoms with van der Waals surface area (Å²) in [4.78, 5) is 60.3. The first-order valence-electron chi connectivity index (χ1n) is 6.80. The molecule has 1 aromatic carbocycles. The van der Waals surface area contributed by atoms with Crippen molar-refractivity contribution in [3.8, 4) is 11.5 Å². The third-order valence-corrected chi connectivity index (χ3v) is 2.15. The Bertz CT molecular complexity index is 595. The van der Waals surface area contributed by atoms with E-state index in [9.17, 15) is 19.2 Å². The Labute approximate surface area is 174 Å². The molecule has 12 nitrogen and oxygen atoms in total. The second-order valence-corrected chi connectivity index (χ2v) is 4.26. The van der Waals surface area contributed by atoms with Crippen LogP contribution in [-0.4, -0.2) is 90.1 Å². The van der Waals surface area contributed by atoms with Crippen molar-refractivity contribution in [2.45, 2.75) is 0 Å². The number of carbonyl (C=O) groups is 4. The maximum atomic E-state index is 11.5. The van der Waals surface area contributed by atoms with Gasteiger partial charge in [-0.2, -0.15) is 0 Å². The molecule has 0 heterocycles. The van der Waals surface area contributed by atoms with E-state index >= 15 is 0 Å². The van der Waals surface area contributed by atoms with Gasteiger partial charge in [0.05, 0.1) is 0 Å². The molecule has 0 atom stereocenters. The van der Waals surface area contributed by atoms with Crippen molar-refractivity contribution in [2.24, 2.45) is 0 Å². The Morgan fingerprint density at radius 2 is 1.07 bits per heavy atom. The van der Waals surface area contributed by atoms with Crippen molar-refractivity contribution in [1.82, 2.24) is 0 Å². The maximum absolute atomic E-state index is 11.5. The molecule has 144 valence electrons. The van der Waals surface area contributed by atoms with Crippen LogP contribution >= 0.6 is 0 Å². The molecule has 0 radical (unpaired) electrons. The van der Waals surface area contributed by atoms with Gasteiger partial charge < -0.3 is 19.7 Å². The van der Waals surface area contributed by atoms with Gasteiger partial charge in [0.15, 0.2) is 26.4 Å². The first-order chi connectivity index (χ1) is 12.4. The number of rotatable bonds is 12. The number of hydrogen-bond donors (Lipinski definition) is 2. The molecule has 0 aliphatic heterocycles. The van der Waals surface area contributed by atoms with Gasteiger partial charge in [0.2, 0.25) is 0 Å². The predicted octanol–water partition coefficient (Wildman–Crippen LogP) is -1.09. The van der Waals surface area contributed by atoms with Crippen LogP contribution in [-0.2, 0) is 38.7 Å². The number of carboxylic acids is 2. The topological polar surface area (TPSA) is 164 Å². The van der Waals surface area contributed by atoms with E-state index in [0.717, 1.165) is 0 Å². The number of carbonyl (C=O) groups excluding carboxylic acids is 2. The molecule has 0 aliphatic rings. The van der Waals surface area contributed by atoms with Crippen LogP contribution in [0, 0.1) is 0 Å². The Morgan fingerprint density at radius 1 is 0.704 bits per heavy atom. The summed E-state index contributed by atoms with van der Waals surface area (Å²) in [5, 5.41) is 16.6. The number of carboxylic acid groups (broad SMARTS) is 2. The number of hydrogen-bond acceptors (Lipinski definition) is 10. The number of aliphatic carboxylic acids is 2. The summed E-state index contributed by atoms with van der Waals surface area (Å²) in [6, 6.07) is 5.42. The standard InChI is InChI=1S/C14H14O12.Na.H/c15-11(16)5-21-23-7-13(19)25-9-2-1-3-10(4-9)26-14(20)8-24-22-6-12(17)18;;/h1-4H,5-8H2,(H,15,16)(H,17,18);;.